The van der Waals surface area contributed by atoms with E-state index in [1.165, 1.54) is 0 Å². The molecule has 1 aliphatic heterocycles. The molecule has 58 valence electrons. The summed E-state index contributed by atoms with van der Waals surface area (Å²) in [6.45, 7) is 0.545. The van der Waals surface area contributed by atoms with Gasteiger partial charge in [-0.1, -0.05) is 0 Å². The first-order valence-corrected chi connectivity index (χ1v) is 4.91. The molecule has 1 aliphatic rings. The highest BCUT2D eigenvalue weighted by molar-refractivity contribution is 8.06. The Morgan fingerprint density at radius 1 is 1.70 bits per heavy atom. The van der Waals surface area contributed by atoms with Gasteiger partial charge in [-0.2, -0.15) is 0 Å². The molecule has 5 heteroatoms. The molecule has 10 heavy (non-hydrogen) atoms. The third-order valence-electron chi connectivity index (χ3n) is 1.40. The summed E-state index contributed by atoms with van der Waals surface area (Å²) in [5.74, 6) is 0. The zero-order valence-electron chi connectivity index (χ0n) is 5.74. The number of sulfone groups is 1. The predicted molar refractivity (Wildman–Crippen MR) is 39.7 cm³/mol. The Labute approximate surface area is 60.1 Å². The topological polar surface area (TPSA) is 72.5 Å². The lowest BCUT2D eigenvalue weighted by Crippen LogP contribution is -2.32. The Balaban J connectivity index is 2.94. The number of rotatable bonds is 0. The van der Waals surface area contributed by atoms with Gasteiger partial charge in [0.05, 0.1) is 6.04 Å². The second-order valence-corrected chi connectivity index (χ2v) is 4.35. The number of nitrogens with zero attached hydrogens (tertiary/aromatic N) is 1. The Hall–Kier alpha value is -0.420. The summed E-state index contributed by atoms with van der Waals surface area (Å²) in [6.07, 6.45) is 1.79. The molecule has 0 fully saturated rings. The van der Waals surface area contributed by atoms with Gasteiger partial charge in [0.25, 0.3) is 0 Å². The maximum Gasteiger partial charge on any atom is 0.189 e. The molecule has 0 aromatic rings. The van der Waals surface area contributed by atoms with Crippen LogP contribution < -0.4 is 5.73 Å². The Morgan fingerprint density at radius 2 is 2.30 bits per heavy atom. The molecule has 2 N–H and O–H groups in total. The highest BCUT2D eigenvalue weighted by atomic mass is 32.2. The van der Waals surface area contributed by atoms with Crippen molar-refractivity contribution in [3.05, 3.63) is 0 Å². The van der Waals surface area contributed by atoms with Gasteiger partial charge in [-0.15, -0.1) is 0 Å². The van der Waals surface area contributed by atoms with Crippen molar-refractivity contribution in [3.8, 4) is 0 Å². The number of hydrogen-bond donors (Lipinski definition) is 1. The smallest absolute Gasteiger partial charge is 0.189 e. The van der Waals surface area contributed by atoms with Crippen LogP contribution in [0.2, 0.25) is 0 Å². The van der Waals surface area contributed by atoms with Gasteiger partial charge in [0.15, 0.2) is 9.84 Å². The summed E-state index contributed by atoms with van der Waals surface area (Å²) in [6, 6.07) is -0.366. The fourth-order valence-corrected chi connectivity index (χ4v) is 1.94. The standard InChI is InChI=1S/C5H10N2O2S/c1-10(8,9)5-4(6)2-3-7-5/h4H,2-3,6H2,1H3/t4-/m1/s1. The van der Waals surface area contributed by atoms with E-state index in [0.29, 0.717) is 13.0 Å². The second kappa shape index (κ2) is 2.32. The van der Waals surface area contributed by atoms with E-state index in [9.17, 15) is 8.42 Å². The summed E-state index contributed by atoms with van der Waals surface area (Å²) >= 11 is 0. The van der Waals surface area contributed by atoms with E-state index in [2.05, 4.69) is 4.99 Å². The van der Waals surface area contributed by atoms with Crippen molar-refractivity contribution in [3.63, 3.8) is 0 Å². The number of nitrogens with two attached hydrogens (primary N) is 1. The lowest BCUT2D eigenvalue weighted by atomic mass is 10.3. The molecule has 1 rings (SSSR count). The first kappa shape index (κ1) is 7.68. The van der Waals surface area contributed by atoms with Crippen molar-refractivity contribution in [1.82, 2.24) is 0 Å². The largest absolute Gasteiger partial charge is 0.322 e. The Bertz CT molecular complexity index is 255. The Kier molecular flexibility index (Phi) is 1.78. The molecule has 0 unspecified atom stereocenters. The zero-order chi connectivity index (χ0) is 7.78. The van der Waals surface area contributed by atoms with Crippen LogP contribution in [0.1, 0.15) is 6.42 Å². The van der Waals surface area contributed by atoms with E-state index < -0.39 is 9.84 Å². The molecule has 4 nitrogen and oxygen atoms in total. The predicted octanol–water partition coefficient (Wildman–Crippen LogP) is -0.839. The van der Waals surface area contributed by atoms with Crippen molar-refractivity contribution in [2.45, 2.75) is 12.5 Å². The van der Waals surface area contributed by atoms with Crippen molar-refractivity contribution in [2.24, 2.45) is 10.7 Å². The van der Waals surface area contributed by atoms with Gasteiger partial charge in [0.2, 0.25) is 0 Å². The van der Waals surface area contributed by atoms with Gasteiger partial charge < -0.3 is 5.73 Å². The molecular formula is C5H10N2O2S. The summed E-state index contributed by atoms with van der Waals surface area (Å²) in [5.41, 5.74) is 5.46. The van der Waals surface area contributed by atoms with Crippen LogP contribution in [0, 0.1) is 0 Å². The molecule has 0 amide bonds. The monoisotopic (exact) mass is 162 g/mol. The zero-order valence-corrected chi connectivity index (χ0v) is 6.56. The van der Waals surface area contributed by atoms with Crippen LogP contribution in [-0.2, 0) is 9.84 Å². The molecule has 0 aromatic heterocycles. The average Bonchev–Trinajstić information content (AvgIpc) is 2.11. The highest BCUT2D eigenvalue weighted by Gasteiger charge is 2.24. The summed E-state index contributed by atoms with van der Waals surface area (Å²) in [7, 11) is -3.13. The van der Waals surface area contributed by atoms with Gasteiger partial charge in [-0.05, 0) is 6.42 Å². The molecule has 0 saturated carbocycles. The van der Waals surface area contributed by atoms with Crippen LogP contribution in [0.3, 0.4) is 0 Å². The third kappa shape index (κ3) is 1.35. The van der Waals surface area contributed by atoms with Crippen LogP contribution in [0.5, 0.6) is 0 Å². The van der Waals surface area contributed by atoms with Crippen molar-refractivity contribution in [1.29, 1.82) is 0 Å². The van der Waals surface area contributed by atoms with Gasteiger partial charge >= 0.3 is 0 Å². The molecule has 1 atom stereocenters. The normalized spacial score (nSPS) is 26.6. The molecule has 0 bridgehead atoms. The van der Waals surface area contributed by atoms with E-state index in [4.69, 9.17) is 5.73 Å². The van der Waals surface area contributed by atoms with Gasteiger partial charge in [0, 0.05) is 12.8 Å². The number of aliphatic imine (C=N–C) groups is 1. The van der Waals surface area contributed by atoms with Crippen LogP contribution in [0.4, 0.5) is 0 Å². The summed E-state index contributed by atoms with van der Waals surface area (Å²) in [4.78, 5) is 3.79. The molecule has 0 radical (unpaired) electrons. The number of hydrogen-bond acceptors (Lipinski definition) is 4. The maximum absolute atomic E-state index is 10.8. The minimum Gasteiger partial charge on any atom is -0.322 e. The van der Waals surface area contributed by atoms with E-state index in [1.807, 2.05) is 0 Å². The SMILES string of the molecule is CS(=O)(=O)C1=NCC[C@H]1N. The molecule has 0 aliphatic carbocycles. The maximum atomic E-state index is 10.8. The first-order chi connectivity index (χ1) is 4.52. The average molecular weight is 162 g/mol. The van der Waals surface area contributed by atoms with E-state index in [-0.39, 0.29) is 11.1 Å². The van der Waals surface area contributed by atoms with Crippen LogP contribution >= 0.6 is 0 Å². The lowest BCUT2D eigenvalue weighted by molar-refractivity contribution is 0.611. The Morgan fingerprint density at radius 3 is 2.50 bits per heavy atom. The van der Waals surface area contributed by atoms with Gasteiger partial charge in [0.1, 0.15) is 5.04 Å². The minimum absolute atomic E-state index is 0.160. The van der Waals surface area contributed by atoms with Gasteiger partial charge in [-0.3, -0.25) is 4.99 Å². The van der Waals surface area contributed by atoms with E-state index in [0.717, 1.165) is 6.26 Å². The quantitative estimate of drug-likeness (QED) is 0.505. The lowest BCUT2D eigenvalue weighted by Gasteiger charge is -2.02. The third-order valence-corrected chi connectivity index (χ3v) is 2.60. The van der Waals surface area contributed by atoms with Gasteiger partial charge in [-0.25, -0.2) is 8.42 Å². The fourth-order valence-electron chi connectivity index (χ4n) is 0.947. The van der Waals surface area contributed by atoms with Crippen LogP contribution in [-0.4, -0.2) is 32.3 Å². The van der Waals surface area contributed by atoms with Crippen molar-refractivity contribution < 1.29 is 8.42 Å². The van der Waals surface area contributed by atoms with E-state index in [1.54, 1.807) is 0 Å². The minimum atomic E-state index is -3.13. The van der Waals surface area contributed by atoms with Crippen molar-refractivity contribution in [2.75, 3.05) is 12.8 Å². The molecule has 1 heterocycles. The highest BCUT2D eigenvalue weighted by Crippen LogP contribution is 2.07. The second-order valence-electron chi connectivity index (χ2n) is 2.39. The van der Waals surface area contributed by atoms with Crippen molar-refractivity contribution >= 4 is 14.9 Å². The van der Waals surface area contributed by atoms with E-state index >= 15 is 0 Å². The molecular weight excluding hydrogens is 152 g/mol. The first-order valence-electron chi connectivity index (χ1n) is 3.02. The van der Waals surface area contributed by atoms with Crippen LogP contribution in [0.25, 0.3) is 0 Å². The molecule has 0 aromatic carbocycles. The van der Waals surface area contributed by atoms with Crippen LogP contribution in [0.15, 0.2) is 4.99 Å². The molecule has 0 spiro atoms. The summed E-state index contributed by atoms with van der Waals surface area (Å²) < 4.78 is 21.7. The fraction of sp³-hybridized carbons (Fsp3) is 0.800. The summed E-state index contributed by atoms with van der Waals surface area (Å²) in [5, 5.41) is 0.160. The molecule has 0 saturated heterocycles.